The number of rotatable bonds is 8. The second kappa shape index (κ2) is 10.1. The summed E-state index contributed by atoms with van der Waals surface area (Å²) in [4.78, 5) is 8.92. The molecular formula is C30H34N2O3. The van der Waals surface area contributed by atoms with Crippen molar-refractivity contribution in [2.45, 2.75) is 63.5 Å². The third kappa shape index (κ3) is 5.50. The fraction of sp³-hybridized carbons (Fsp3) is 0.400. The smallest absolute Gasteiger partial charge is 0.216 e. The highest BCUT2D eigenvalue weighted by Gasteiger charge is 2.27. The summed E-state index contributed by atoms with van der Waals surface area (Å²) < 4.78 is 17.9. The van der Waals surface area contributed by atoms with Gasteiger partial charge >= 0.3 is 0 Å². The fourth-order valence-corrected chi connectivity index (χ4v) is 4.96. The topological polar surface area (TPSA) is 52.9 Å². The quantitative estimate of drug-likeness (QED) is 0.385. The fourth-order valence-electron chi connectivity index (χ4n) is 4.96. The zero-order chi connectivity index (χ0) is 24.3. The number of aliphatic imine (C=N–C) groups is 1. The van der Waals surface area contributed by atoms with E-state index in [4.69, 9.17) is 19.2 Å². The second-order valence-electron chi connectivity index (χ2n) is 10.2. The zero-order valence-corrected chi connectivity index (χ0v) is 20.9. The number of aromatic nitrogens is 1. The second-order valence-corrected chi connectivity index (χ2v) is 10.2. The van der Waals surface area contributed by atoms with E-state index in [1.54, 1.807) is 7.11 Å². The van der Waals surface area contributed by atoms with Crippen molar-refractivity contribution < 1.29 is 14.2 Å². The highest BCUT2D eigenvalue weighted by molar-refractivity contribution is 5.95. The maximum absolute atomic E-state index is 6.41. The van der Waals surface area contributed by atoms with Gasteiger partial charge in [0, 0.05) is 23.9 Å². The Morgan fingerprint density at radius 1 is 0.943 bits per heavy atom. The summed E-state index contributed by atoms with van der Waals surface area (Å²) in [7, 11) is 1.71. The number of pyridine rings is 1. The highest BCUT2D eigenvalue weighted by atomic mass is 16.5. The van der Waals surface area contributed by atoms with Crippen LogP contribution in [0.3, 0.4) is 0 Å². The molecule has 3 aromatic rings. The van der Waals surface area contributed by atoms with E-state index in [0.717, 1.165) is 42.2 Å². The molecule has 5 rings (SSSR count). The van der Waals surface area contributed by atoms with Crippen molar-refractivity contribution in [1.82, 2.24) is 4.98 Å². The predicted octanol–water partition coefficient (Wildman–Crippen LogP) is 6.34. The molecule has 0 saturated heterocycles. The van der Waals surface area contributed by atoms with E-state index in [2.05, 4.69) is 67.4 Å². The van der Waals surface area contributed by atoms with Crippen molar-refractivity contribution in [1.29, 1.82) is 0 Å². The first-order chi connectivity index (χ1) is 17.0. The zero-order valence-electron chi connectivity index (χ0n) is 20.9. The molecule has 182 valence electrons. The number of hydrogen-bond donors (Lipinski definition) is 0. The average Bonchev–Trinajstić information content (AvgIpc) is 3.52. The number of nitrogens with zero attached hydrogens (tertiary/aromatic N) is 2. The Morgan fingerprint density at radius 3 is 2.31 bits per heavy atom. The van der Waals surface area contributed by atoms with Crippen LogP contribution in [-0.2, 0) is 11.2 Å². The van der Waals surface area contributed by atoms with Gasteiger partial charge in [-0.1, -0.05) is 18.2 Å². The summed E-state index contributed by atoms with van der Waals surface area (Å²) in [5, 5.41) is 0. The van der Waals surface area contributed by atoms with Gasteiger partial charge in [-0.05, 0) is 99.0 Å². The highest BCUT2D eigenvalue weighted by Crippen LogP contribution is 2.37. The lowest BCUT2D eigenvalue weighted by Crippen LogP contribution is -2.17. The molecule has 5 heteroatoms. The van der Waals surface area contributed by atoms with Crippen molar-refractivity contribution in [2.75, 3.05) is 13.7 Å². The van der Waals surface area contributed by atoms with E-state index >= 15 is 0 Å². The predicted molar refractivity (Wildman–Crippen MR) is 139 cm³/mol. The van der Waals surface area contributed by atoms with Gasteiger partial charge in [-0.15, -0.1) is 0 Å². The lowest BCUT2D eigenvalue weighted by Gasteiger charge is -2.22. The molecular weight excluding hydrogens is 436 g/mol. The van der Waals surface area contributed by atoms with E-state index in [-0.39, 0.29) is 17.6 Å². The minimum atomic E-state index is -0.170. The summed E-state index contributed by atoms with van der Waals surface area (Å²) in [5.41, 5.74) is 4.53. The van der Waals surface area contributed by atoms with Crippen LogP contribution in [0.25, 0.3) is 0 Å². The van der Waals surface area contributed by atoms with E-state index in [9.17, 15) is 0 Å². The lowest BCUT2D eigenvalue weighted by atomic mass is 9.85. The van der Waals surface area contributed by atoms with E-state index in [0.29, 0.717) is 6.61 Å². The Morgan fingerprint density at radius 2 is 1.66 bits per heavy atom. The molecule has 0 N–H and O–H groups in total. The first-order valence-electron chi connectivity index (χ1n) is 12.6. The van der Waals surface area contributed by atoms with Crippen molar-refractivity contribution in [3.05, 3.63) is 89.2 Å². The van der Waals surface area contributed by atoms with Crippen LogP contribution in [0.4, 0.5) is 0 Å². The largest absolute Gasteiger partial charge is 0.493 e. The molecule has 0 amide bonds. The molecule has 0 bridgehead atoms. The van der Waals surface area contributed by atoms with Crippen LogP contribution in [-0.4, -0.2) is 36.2 Å². The van der Waals surface area contributed by atoms with E-state index < -0.39 is 0 Å². The molecule has 2 aromatic carbocycles. The van der Waals surface area contributed by atoms with E-state index in [1.807, 2.05) is 18.5 Å². The maximum atomic E-state index is 6.41. The molecule has 2 aliphatic rings. The Balaban J connectivity index is 1.48. The Hall–Kier alpha value is -3.34. The van der Waals surface area contributed by atoms with Crippen LogP contribution in [0.15, 0.2) is 72.0 Å². The Bertz CT molecular complexity index is 1170. The van der Waals surface area contributed by atoms with Gasteiger partial charge in [0.05, 0.1) is 18.8 Å². The molecule has 1 aliphatic carbocycles. The van der Waals surface area contributed by atoms with Crippen molar-refractivity contribution in [3.8, 4) is 11.5 Å². The van der Waals surface area contributed by atoms with Gasteiger partial charge in [-0.25, -0.2) is 4.99 Å². The van der Waals surface area contributed by atoms with Crippen LogP contribution in [0, 0.1) is 0 Å². The number of ether oxygens (including phenoxy) is 3. The van der Waals surface area contributed by atoms with Gasteiger partial charge in [0.1, 0.15) is 6.61 Å². The standard InChI is InChI=1S/C30H34N2O3/c1-30(2)20-34-29(32-30)23-10-8-22(9-11-23)26(18-21-14-16-31-17-15-21)24-12-13-27(33-3)28(19-24)35-25-6-4-5-7-25/h8-17,19,25-26H,4-7,18,20H2,1-3H3. The first-order valence-corrected chi connectivity index (χ1v) is 12.6. The molecule has 0 radical (unpaired) electrons. The molecule has 1 atom stereocenters. The summed E-state index contributed by atoms with van der Waals surface area (Å²) in [6.07, 6.45) is 9.53. The number of methoxy groups -OCH3 is 1. The molecule has 1 aliphatic heterocycles. The minimum absolute atomic E-state index is 0.158. The molecule has 0 spiro atoms. The Labute approximate surface area is 208 Å². The lowest BCUT2D eigenvalue weighted by molar-refractivity contribution is 0.200. The van der Waals surface area contributed by atoms with Crippen molar-refractivity contribution in [2.24, 2.45) is 4.99 Å². The van der Waals surface area contributed by atoms with Crippen LogP contribution in [0.2, 0.25) is 0 Å². The van der Waals surface area contributed by atoms with E-state index in [1.165, 1.54) is 29.5 Å². The van der Waals surface area contributed by atoms with Gasteiger partial charge in [0.25, 0.3) is 0 Å². The summed E-state index contributed by atoms with van der Waals surface area (Å²) in [6.45, 7) is 4.80. The third-order valence-corrected chi connectivity index (χ3v) is 6.90. The SMILES string of the molecule is COc1ccc(C(Cc2ccncc2)c2ccc(C3=NC(C)(C)CO3)cc2)cc1OC1CCCC1. The van der Waals surface area contributed by atoms with Crippen LogP contribution >= 0.6 is 0 Å². The number of benzene rings is 2. The monoisotopic (exact) mass is 470 g/mol. The minimum Gasteiger partial charge on any atom is -0.493 e. The normalized spacial score (nSPS) is 18.1. The summed E-state index contributed by atoms with van der Waals surface area (Å²) in [5.74, 6) is 2.51. The van der Waals surface area contributed by atoms with Crippen LogP contribution in [0.1, 0.15) is 67.7 Å². The molecule has 2 heterocycles. The van der Waals surface area contributed by atoms with Gasteiger partial charge in [0.2, 0.25) is 5.90 Å². The molecule has 1 aromatic heterocycles. The molecule has 35 heavy (non-hydrogen) atoms. The Kier molecular flexibility index (Phi) is 6.76. The van der Waals surface area contributed by atoms with Gasteiger partial charge < -0.3 is 14.2 Å². The molecule has 1 saturated carbocycles. The van der Waals surface area contributed by atoms with Crippen molar-refractivity contribution >= 4 is 5.90 Å². The first kappa shape index (κ1) is 23.4. The van der Waals surface area contributed by atoms with Crippen molar-refractivity contribution in [3.63, 3.8) is 0 Å². The summed E-state index contributed by atoms with van der Waals surface area (Å²) >= 11 is 0. The van der Waals surface area contributed by atoms with Crippen LogP contribution in [0.5, 0.6) is 11.5 Å². The van der Waals surface area contributed by atoms with Gasteiger partial charge in [-0.2, -0.15) is 0 Å². The van der Waals surface area contributed by atoms with Gasteiger partial charge in [0.15, 0.2) is 11.5 Å². The van der Waals surface area contributed by atoms with Crippen LogP contribution < -0.4 is 9.47 Å². The molecule has 5 nitrogen and oxygen atoms in total. The molecule has 1 fully saturated rings. The maximum Gasteiger partial charge on any atom is 0.216 e. The average molecular weight is 471 g/mol. The number of hydrogen-bond acceptors (Lipinski definition) is 5. The molecule has 1 unspecified atom stereocenters. The summed E-state index contributed by atoms with van der Waals surface area (Å²) in [6, 6.07) is 19.2. The third-order valence-electron chi connectivity index (χ3n) is 6.90. The van der Waals surface area contributed by atoms with Gasteiger partial charge in [-0.3, -0.25) is 4.98 Å².